The Morgan fingerprint density at radius 1 is 1.03 bits per heavy atom. The molecule has 0 N–H and O–H groups in total. The van der Waals surface area contributed by atoms with Crippen molar-refractivity contribution in [3.05, 3.63) is 75.7 Å². The molecule has 152 valence electrons. The van der Waals surface area contributed by atoms with Gasteiger partial charge >= 0.3 is 0 Å². The summed E-state index contributed by atoms with van der Waals surface area (Å²) < 4.78 is 31.1. The fourth-order valence-corrected chi connectivity index (χ4v) is 3.18. The maximum atomic E-state index is 14.3. The maximum absolute atomic E-state index is 14.3. The summed E-state index contributed by atoms with van der Waals surface area (Å²) in [7, 11) is 1.60. The third-order valence-electron chi connectivity index (χ3n) is 4.23. The van der Waals surface area contributed by atoms with Gasteiger partial charge in [0.1, 0.15) is 28.2 Å². The van der Waals surface area contributed by atoms with Crippen molar-refractivity contribution < 1.29 is 18.6 Å². The summed E-state index contributed by atoms with van der Waals surface area (Å²) in [6, 6.07) is 14.7. The highest BCUT2D eigenvalue weighted by Gasteiger charge is 2.22. The number of nitrogens with zero attached hydrogens (tertiary/aromatic N) is 1. The zero-order chi connectivity index (χ0) is 21.0. The van der Waals surface area contributed by atoms with Crippen LogP contribution in [0.5, 0.6) is 23.1 Å². The van der Waals surface area contributed by atoms with Gasteiger partial charge in [0.25, 0.3) is 0 Å². The molecule has 0 amide bonds. The van der Waals surface area contributed by atoms with Gasteiger partial charge in [0.05, 0.1) is 7.11 Å². The molecule has 1 heterocycles. The van der Waals surface area contributed by atoms with Crippen molar-refractivity contribution in [2.75, 3.05) is 7.11 Å². The van der Waals surface area contributed by atoms with E-state index in [4.69, 9.17) is 37.4 Å². The Morgan fingerprint density at radius 3 is 2.41 bits per heavy atom. The van der Waals surface area contributed by atoms with Gasteiger partial charge < -0.3 is 14.2 Å². The number of pyridine rings is 1. The standard InChI is InChI=1S/C22H20Cl2FNO3/c1-13(2)16-11-15(9-10-17(16)27-3)29-20-18(23)21(25)26-22(19(20)24)28-12-14-7-5-4-6-8-14/h4-11,13H,12H2,1-3H3. The molecule has 0 saturated carbocycles. The third kappa shape index (κ3) is 4.92. The zero-order valence-electron chi connectivity index (χ0n) is 16.2. The average molecular weight is 436 g/mol. The number of methoxy groups -OCH3 is 1. The lowest BCUT2D eigenvalue weighted by Crippen LogP contribution is -2.02. The predicted molar refractivity (Wildman–Crippen MR) is 112 cm³/mol. The van der Waals surface area contributed by atoms with Crippen molar-refractivity contribution in [2.45, 2.75) is 26.4 Å². The van der Waals surface area contributed by atoms with Gasteiger partial charge in [-0.3, -0.25) is 0 Å². The number of rotatable bonds is 7. The van der Waals surface area contributed by atoms with Crippen molar-refractivity contribution in [1.82, 2.24) is 4.98 Å². The van der Waals surface area contributed by atoms with E-state index in [0.717, 1.165) is 16.9 Å². The van der Waals surface area contributed by atoms with E-state index < -0.39 is 5.95 Å². The van der Waals surface area contributed by atoms with Crippen molar-refractivity contribution in [2.24, 2.45) is 0 Å². The van der Waals surface area contributed by atoms with Crippen molar-refractivity contribution >= 4 is 23.2 Å². The smallest absolute Gasteiger partial charge is 0.239 e. The average Bonchev–Trinajstić information content (AvgIpc) is 2.73. The summed E-state index contributed by atoms with van der Waals surface area (Å²) >= 11 is 12.4. The minimum atomic E-state index is -0.924. The van der Waals surface area contributed by atoms with Crippen molar-refractivity contribution in [3.8, 4) is 23.1 Å². The number of ether oxygens (including phenoxy) is 3. The van der Waals surface area contributed by atoms with Gasteiger partial charge in [0.2, 0.25) is 11.8 Å². The highest BCUT2D eigenvalue weighted by Crippen LogP contribution is 2.43. The van der Waals surface area contributed by atoms with Crippen molar-refractivity contribution in [1.29, 1.82) is 0 Å². The highest BCUT2D eigenvalue weighted by molar-refractivity contribution is 6.37. The summed E-state index contributed by atoms with van der Waals surface area (Å²) in [4.78, 5) is 3.71. The van der Waals surface area contributed by atoms with Crippen LogP contribution in [0.1, 0.15) is 30.9 Å². The Labute approximate surface area is 179 Å². The highest BCUT2D eigenvalue weighted by atomic mass is 35.5. The van der Waals surface area contributed by atoms with E-state index in [1.807, 2.05) is 44.2 Å². The van der Waals surface area contributed by atoms with E-state index >= 15 is 0 Å². The first-order chi connectivity index (χ1) is 13.9. The molecule has 7 heteroatoms. The van der Waals surface area contributed by atoms with Crippen LogP contribution in [0.4, 0.5) is 4.39 Å². The number of hydrogen-bond acceptors (Lipinski definition) is 4. The van der Waals surface area contributed by atoms with Gasteiger partial charge in [-0.2, -0.15) is 9.37 Å². The zero-order valence-corrected chi connectivity index (χ0v) is 17.7. The lowest BCUT2D eigenvalue weighted by Gasteiger charge is -2.16. The molecule has 0 radical (unpaired) electrons. The molecule has 1 aromatic heterocycles. The van der Waals surface area contributed by atoms with E-state index in [9.17, 15) is 4.39 Å². The molecular weight excluding hydrogens is 416 g/mol. The Hall–Kier alpha value is -2.50. The summed E-state index contributed by atoms with van der Waals surface area (Å²) in [5.74, 6) is 0.300. The number of hydrogen-bond donors (Lipinski definition) is 0. The monoisotopic (exact) mass is 435 g/mol. The predicted octanol–water partition coefficient (Wildman–Crippen LogP) is 7.03. The molecule has 0 aliphatic heterocycles. The van der Waals surface area contributed by atoms with Crippen molar-refractivity contribution in [3.63, 3.8) is 0 Å². The van der Waals surface area contributed by atoms with Gasteiger partial charge in [0.15, 0.2) is 5.75 Å². The first kappa shape index (κ1) is 21.2. The molecule has 4 nitrogen and oxygen atoms in total. The van der Waals surface area contributed by atoms with Crippen LogP contribution in [0.3, 0.4) is 0 Å². The molecule has 3 rings (SSSR count). The van der Waals surface area contributed by atoms with Gasteiger partial charge in [-0.25, -0.2) is 0 Å². The van der Waals surface area contributed by atoms with Gasteiger partial charge in [-0.1, -0.05) is 67.4 Å². The Morgan fingerprint density at radius 2 is 1.76 bits per heavy atom. The molecular formula is C22H20Cl2FNO3. The normalized spacial score (nSPS) is 10.9. The molecule has 0 saturated heterocycles. The molecule has 0 bridgehead atoms. The number of halogens is 3. The van der Waals surface area contributed by atoms with E-state index in [-0.39, 0.29) is 34.2 Å². The van der Waals surface area contributed by atoms with E-state index in [1.165, 1.54) is 0 Å². The van der Waals surface area contributed by atoms with Crippen LogP contribution >= 0.6 is 23.2 Å². The van der Waals surface area contributed by atoms with Crippen LogP contribution in [-0.2, 0) is 6.61 Å². The number of benzene rings is 2. The van der Waals surface area contributed by atoms with E-state index in [1.54, 1.807) is 25.3 Å². The quantitative estimate of drug-likeness (QED) is 0.373. The fraction of sp³-hybridized carbons (Fsp3) is 0.227. The second-order valence-electron chi connectivity index (χ2n) is 6.60. The minimum absolute atomic E-state index is 0.00533. The lowest BCUT2D eigenvalue weighted by molar-refractivity contribution is 0.287. The Bertz CT molecular complexity index is 997. The summed E-state index contributed by atoms with van der Waals surface area (Å²) in [6.45, 7) is 4.24. The molecule has 0 spiro atoms. The first-order valence-electron chi connectivity index (χ1n) is 8.97. The molecule has 0 fully saturated rings. The molecule has 29 heavy (non-hydrogen) atoms. The second-order valence-corrected chi connectivity index (χ2v) is 7.36. The molecule has 3 aromatic rings. The van der Waals surface area contributed by atoms with Gasteiger partial charge in [-0.15, -0.1) is 0 Å². The molecule has 0 aliphatic carbocycles. The molecule has 0 unspecified atom stereocenters. The molecule has 2 aromatic carbocycles. The van der Waals surface area contributed by atoms with Crippen LogP contribution in [0.15, 0.2) is 48.5 Å². The second kappa shape index (κ2) is 9.33. The van der Waals surface area contributed by atoms with Crippen LogP contribution in [0, 0.1) is 5.95 Å². The van der Waals surface area contributed by atoms with Gasteiger partial charge in [0, 0.05) is 5.56 Å². The van der Waals surface area contributed by atoms with Crippen LogP contribution < -0.4 is 14.2 Å². The SMILES string of the molecule is COc1ccc(Oc2c(Cl)c(F)nc(OCc3ccccc3)c2Cl)cc1C(C)C. The van der Waals surface area contributed by atoms with Crippen LogP contribution in [-0.4, -0.2) is 12.1 Å². The van der Waals surface area contributed by atoms with E-state index in [0.29, 0.717) is 5.75 Å². The Kier molecular flexibility index (Phi) is 6.83. The lowest BCUT2D eigenvalue weighted by atomic mass is 10.0. The van der Waals surface area contributed by atoms with Crippen LogP contribution in [0.25, 0.3) is 0 Å². The van der Waals surface area contributed by atoms with Crippen LogP contribution in [0.2, 0.25) is 10.0 Å². The molecule has 0 atom stereocenters. The summed E-state index contributed by atoms with van der Waals surface area (Å²) in [5, 5.41) is -0.321. The summed E-state index contributed by atoms with van der Waals surface area (Å²) in [6.07, 6.45) is 0. The molecule has 0 aliphatic rings. The fourth-order valence-electron chi connectivity index (χ4n) is 2.73. The first-order valence-corrected chi connectivity index (χ1v) is 9.73. The summed E-state index contributed by atoms with van der Waals surface area (Å²) in [5.41, 5.74) is 1.83. The largest absolute Gasteiger partial charge is 0.496 e. The van der Waals surface area contributed by atoms with Gasteiger partial charge in [-0.05, 0) is 29.7 Å². The maximum Gasteiger partial charge on any atom is 0.239 e. The number of aromatic nitrogens is 1. The minimum Gasteiger partial charge on any atom is -0.496 e. The van der Waals surface area contributed by atoms with E-state index in [2.05, 4.69) is 4.98 Å². The Balaban J connectivity index is 1.91. The topological polar surface area (TPSA) is 40.6 Å². The third-order valence-corrected chi connectivity index (χ3v) is 4.89.